The zero-order valence-electron chi connectivity index (χ0n) is 33.2. The van der Waals surface area contributed by atoms with Gasteiger partial charge in [0.1, 0.15) is 11.6 Å². The van der Waals surface area contributed by atoms with Gasteiger partial charge >= 0.3 is 0 Å². The van der Waals surface area contributed by atoms with Crippen molar-refractivity contribution in [1.82, 2.24) is 19.6 Å². The van der Waals surface area contributed by atoms with E-state index in [-0.39, 0.29) is 47.6 Å². The highest BCUT2D eigenvalue weighted by atomic mass is 35.5. The Kier molecular flexibility index (Phi) is 13.6. The largest absolute Gasteiger partial charge is 0.398 e. The smallest absolute Gasteiger partial charge is 0.247 e. The maximum atomic E-state index is 13.2. The van der Waals surface area contributed by atoms with Crippen LogP contribution in [0.5, 0.6) is 0 Å². The number of nitrogens with zero attached hydrogens (tertiary/aromatic N) is 4. The number of hydrogen-bond acceptors (Lipinski definition) is 7. The summed E-state index contributed by atoms with van der Waals surface area (Å²) in [4.78, 5) is 34.5. The third kappa shape index (κ3) is 11.1. The average molecular weight is 878 g/mol. The first-order chi connectivity index (χ1) is 28.7. The number of sulfonamides is 1. The Hall–Kier alpha value is -4.79. The Bertz CT molecular complexity index is 2340. The van der Waals surface area contributed by atoms with Crippen molar-refractivity contribution in [2.75, 3.05) is 42.9 Å². The van der Waals surface area contributed by atoms with Crippen LogP contribution in [0.25, 0.3) is 12.2 Å². The van der Waals surface area contributed by atoms with Crippen molar-refractivity contribution >= 4 is 68.6 Å². The van der Waals surface area contributed by atoms with E-state index < -0.39 is 10.0 Å². The van der Waals surface area contributed by atoms with Gasteiger partial charge in [0, 0.05) is 91.3 Å². The molecule has 4 unspecified atom stereocenters. The number of carbonyl (C=O) groups excluding carboxylic acids is 2. The van der Waals surface area contributed by atoms with Crippen molar-refractivity contribution in [2.45, 2.75) is 62.9 Å². The predicted molar refractivity (Wildman–Crippen MR) is 235 cm³/mol. The van der Waals surface area contributed by atoms with Crippen LogP contribution < -0.4 is 10.5 Å². The van der Waals surface area contributed by atoms with Gasteiger partial charge < -0.3 is 15.5 Å². The maximum Gasteiger partial charge on any atom is 0.247 e. The summed E-state index contributed by atoms with van der Waals surface area (Å²) in [7, 11) is -3.48. The molecule has 8 rings (SSSR count). The number of anilines is 2. The lowest BCUT2D eigenvalue weighted by Crippen LogP contribution is -2.55. The second-order valence-electron chi connectivity index (χ2n) is 15.9. The second-order valence-corrected chi connectivity index (χ2v) is 18.6. The molecule has 2 amide bonds. The minimum Gasteiger partial charge on any atom is -0.398 e. The number of hydrogen-bond donors (Lipinski definition) is 2. The second kappa shape index (κ2) is 18.9. The lowest BCUT2D eigenvalue weighted by Gasteiger charge is -2.40. The van der Waals surface area contributed by atoms with Gasteiger partial charge in [-0.15, -0.1) is 0 Å². The molecule has 0 radical (unpaired) electrons. The Balaban J connectivity index is 0.000000183. The summed E-state index contributed by atoms with van der Waals surface area (Å²) in [5.74, 6) is -0.513. The first-order valence-electron chi connectivity index (χ1n) is 19.9. The first-order valence-corrected chi connectivity index (χ1v) is 22.6. The van der Waals surface area contributed by atoms with Gasteiger partial charge in [0.15, 0.2) is 0 Å². The number of rotatable bonds is 10. The number of nitrogen functional groups attached to an aromatic ring is 1. The topological polar surface area (TPSA) is 119 Å². The predicted octanol–water partition coefficient (Wildman–Crippen LogP) is 7.69. The third-order valence-electron chi connectivity index (χ3n) is 11.4. The molecule has 316 valence electrons. The summed E-state index contributed by atoms with van der Waals surface area (Å²) >= 11 is 11.9. The molecule has 4 bridgehead atoms. The number of fused-ring (bicyclic) bond motifs is 4. The fourth-order valence-corrected chi connectivity index (χ4v) is 9.74. The van der Waals surface area contributed by atoms with E-state index in [0.29, 0.717) is 27.0 Å². The van der Waals surface area contributed by atoms with Gasteiger partial charge in [0.2, 0.25) is 21.8 Å². The normalized spacial score (nSPS) is 21.7. The van der Waals surface area contributed by atoms with Crippen LogP contribution >= 0.6 is 23.2 Å². The number of halogens is 4. The highest BCUT2D eigenvalue weighted by molar-refractivity contribution is 7.92. The lowest BCUT2D eigenvalue weighted by molar-refractivity contribution is -0.132. The summed E-state index contributed by atoms with van der Waals surface area (Å²) in [6, 6.07) is 24.0. The Morgan fingerprint density at radius 3 is 1.48 bits per heavy atom. The summed E-state index contributed by atoms with van der Waals surface area (Å²) in [6.07, 6.45) is 11.5. The summed E-state index contributed by atoms with van der Waals surface area (Å²) in [6.45, 7) is 4.75. The zero-order chi connectivity index (χ0) is 42.6. The standard InChI is InChI=1S/C23H25ClFN3O3S.C22H23ClFN3O/c1-32(30,31)26-22-12-18(24)6-4-17(22)5-11-23(29)28-20-9-10-21(28)15-27(14-20)13-16-2-7-19(25)8-3-16;23-17-5-3-16(21(25)11-17)4-10-22(28)27-19-8-9-20(27)14-26(13-19)12-15-1-6-18(24)7-2-15/h2-8,11-12,20-21,26H,9-10,13-15H2,1H3;1-7,10-11,19-20H,8-9,12-14,25H2/b11-5+;10-4+. The van der Waals surface area contributed by atoms with Gasteiger partial charge in [-0.3, -0.25) is 24.1 Å². The maximum absolute atomic E-state index is 13.2. The van der Waals surface area contributed by atoms with Crippen LogP contribution in [-0.4, -0.2) is 96.4 Å². The van der Waals surface area contributed by atoms with Crippen molar-refractivity contribution in [2.24, 2.45) is 0 Å². The van der Waals surface area contributed by atoms with Crippen molar-refractivity contribution < 1.29 is 26.8 Å². The molecule has 4 aliphatic heterocycles. The first kappa shape index (κ1) is 43.3. The van der Waals surface area contributed by atoms with Crippen molar-refractivity contribution in [3.05, 3.63) is 141 Å². The molecule has 4 aromatic carbocycles. The molecule has 4 heterocycles. The minimum atomic E-state index is -3.48. The number of amides is 2. The molecule has 15 heteroatoms. The molecule has 0 aliphatic carbocycles. The van der Waals surface area contributed by atoms with Crippen LogP contribution in [0.15, 0.2) is 97.1 Å². The third-order valence-corrected chi connectivity index (χ3v) is 12.5. The highest BCUT2D eigenvalue weighted by Crippen LogP contribution is 2.33. The van der Waals surface area contributed by atoms with Gasteiger partial charge in [0.05, 0.1) is 11.9 Å². The molecule has 0 saturated carbocycles. The molecular formula is C45H48Cl2F2N6O4S. The Labute approximate surface area is 360 Å². The number of carbonyl (C=O) groups is 2. The quantitative estimate of drug-likeness (QED) is 0.124. The van der Waals surface area contributed by atoms with Crippen LogP contribution in [-0.2, 0) is 32.7 Å². The molecule has 4 atom stereocenters. The number of nitrogens with two attached hydrogens (primary N) is 1. The van der Waals surface area contributed by atoms with E-state index in [2.05, 4.69) is 14.5 Å². The summed E-state index contributed by atoms with van der Waals surface area (Å²) in [5.41, 5.74) is 10.4. The van der Waals surface area contributed by atoms with Crippen LogP contribution in [0.3, 0.4) is 0 Å². The van der Waals surface area contributed by atoms with Gasteiger partial charge in [-0.25, -0.2) is 17.2 Å². The van der Waals surface area contributed by atoms with Gasteiger partial charge in [0.25, 0.3) is 0 Å². The molecule has 60 heavy (non-hydrogen) atoms. The van der Waals surface area contributed by atoms with Gasteiger partial charge in [-0.05, 0) is 109 Å². The van der Waals surface area contributed by atoms with Gasteiger partial charge in [-0.2, -0.15) is 0 Å². The van der Waals surface area contributed by atoms with E-state index in [9.17, 15) is 26.8 Å². The highest BCUT2D eigenvalue weighted by Gasteiger charge is 2.42. The van der Waals surface area contributed by atoms with Gasteiger partial charge in [-0.1, -0.05) is 59.6 Å². The average Bonchev–Trinajstić information content (AvgIpc) is 3.63. The molecule has 4 aromatic rings. The zero-order valence-corrected chi connectivity index (χ0v) is 35.5. The SMILES string of the molecule is CS(=O)(=O)Nc1cc(Cl)ccc1/C=C/C(=O)N1C2CCC1CN(Cc1ccc(F)cc1)C2.Nc1cc(Cl)ccc1/C=C/C(=O)N1C2CCC1CN(Cc1ccc(F)cc1)C2. The summed E-state index contributed by atoms with van der Waals surface area (Å²) in [5, 5.41) is 0.978. The van der Waals surface area contributed by atoms with E-state index in [4.69, 9.17) is 28.9 Å². The Morgan fingerprint density at radius 2 is 1.07 bits per heavy atom. The minimum absolute atomic E-state index is 0.0308. The molecule has 4 fully saturated rings. The van der Waals surface area contributed by atoms with Crippen LogP contribution in [0.4, 0.5) is 20.2 Å². The molecule has 4 saturated heterocycles. The number of nitrogens with one attached hydrogen (secondary N) is 1. The Morgan fingerprint density at radius 1 is 0.667 bits per heavy atom. The lowest BCUT2D eigenvalue weighted by atomic mass is 10.1. The van der Waals surface area contributed by atoms with Crippen molar-refractivity contribution in [3.63, 3.8) is 0 Å². The molecule has 4 aliphatic rings. The molecule has 0 aromatic heterocycles. The molecule has 0 spiro atoms. The van der Waals surface area contributed by atoms with E-state index >= 15 is 0 Å². The van der Waals surface area contributed by atoms with Crippen molar-refractivity contribution in [1.29, 1.82) is 0 Å². The van der Waals surface area contributed by atoms with E-state index in [1.807, 2.05) is 28.0 Å². The number of likely N-dealkylation sites (tertiary alicyclic amines) is 2. The van der Waals surface area contributed by atoms with E-state index in [1.165, 1.54) is 36.4 Å². The fraction of sp³-hybridized carbons (Fsp3) is 0.333. The molecule has 3 N–H and O–H groups in total. The molecule has 10 nitrogen and oxygen atoms in total. The molecular weight excluding hydrogens is 830 g/mol. The number of piperazine rings is 2. The van der Waals surface area contributed by atoms with E-state index in [0.717, 1.165) is 87.9 Å². The van der Waals surface area contributed by atoms with Crippen molar-refractivity contribution in [3.8, 4) is 0 Å². The fourth-order valence-electron chi connectivity index (χ4n) is 8.81. The van der Waals surface area contributed by atoms with Crippen LogP contribution in [0, 0.1) is 11.6 Å². The monoisotopic (exact) mass is 876 g/mol. The van der Waals surface area contributed by atoms with E-state index in [1.54, 1.807) is 54.6 Å². The summed E-state index contributed by atoms with van der Waals surface area (Å²) < 4.78 is 52.0. The van der Waals surface area contributed by atoms with Crippen LogP contribution in [0.1, 0.15) is 47.9 Å². The number of benzene rings is 4. The van der Waals surface area contributed by atoms with Crippen LogP contribution in [0.2, 0.25) is 10.0 Å².